The fourth-order valence-corrected chi connectivity index (χ4v) is 4.93. The summed E-state index contributed by atoms with van der Waals surface area (Å²) in [6.45, 7) is 8.62. The number of carbonyl (C=O) groups is 1. The molecule has 0 aliphatic carbocycles. The van der Waals surface area contributed by atoms with Gasteiger partial charge in [-0.25, -0.2) is 14.5 Å². The number of hydrogen-bond acceptors (Lipinski definition) is 8. The number of urea groups is 1. The number of carbonyl (C=O) groups excluding carboxylic acids is 1. The Kier molecular flexibility index (Phi) is 8.70. The molecule has 238 valence electrons. The number of nitrogens with one attached hydrogen (secondary N) is 3. The summed E-state index contributed by atoms with van der Waals surface area (Å²) in [5.41, 5.74) is 4.23. The number of ether oxygens (including phenoxy) is 2. The lowest BCUT2D eigenvalue weighted by Crippen LogP contribution is -2.21. The Balaban J connectivity index is 1.18. The van der Waals surface area contributed by atoms with Crippen LogP contribution in [0.3, 0.4) is 0 Å². The molecule has 6 rings (SSSR count). The number of nitrogens with zero attached hydrogens (tertiary/aromatic N) is 5. The van der Waals surface area contributed by atoms with Gasteiger partial charge in [0.1, 0.15) is 24.0 Å². The van der Waals surface area contributed by atoms with Crippen molar-refractivity contribution in [2.75, 3.05) is 23.1 Å². The van der Waals surface area contributed by atoms with E-state index < -0.39 is 0 Å². The normalized spacial score (nSPS) is 11.3. The van der Waals surface area contributed by atoms with Gasteiger partial charge in [-0.05, 0) is 48.9 Å². The van der Waals surface area contributed by atoms with Crippen LogP contribution in [0, 0.1) is 6.92 Å². The summed E-state index contributed by atoms with van der Waals surface area (Å²) in [5.74, 6) is 2.78. The Hall–Kier alpha value is -5.97. The molecule has 0 aliphatic rings. The Labute approximate surface area is 273 Å². The van der Waals surface area contributed by atoms with Crippen LogP contribution in [0.1, 0.15) is 37.6 Å². The van der Waals surface area contributed by atoms with Crippen LogP contribution in [0.25, 0.3) is 16.5 Å². The van der Waals surface area contributed by atoms with Crippen LogP contribution in [-0.4, -0.2) is 37.9 Å². The van der Waals surface area contributed by atoms with Crippen molar-refractivity contribution in [2.24, 2.45) is 0 Å². The van der Waals surface area contributed by atoms with Crippen LogP contribution in [0.2, 0.25) is 0 Å². The topological polar surface area (TPSA) is 128 Å². The second-order valence-electron chi connectivity index (χ2n) is 12.1. The van der Waals surface area contributed by atoms with E-state index in [-0.39, 0.29) is 11.4 Å². The second-order valence-corrected chi connectivity index (χ2v) is 12.1. The van der Waals surface area contributed by atoms with Gasteiger partial charge >= 0.3 is 6.03 Å². The third-order valence-corrected chi connectivity index (χ3v) is 7.43. The number of rotatable bonds is 9. The fourth-order valence-electron chi connectivity index (χ4n) is 4.93. The summed E-state index contributed by atoms with van der Waals surface area (Å²) >= 11 is 0. The molecule has 0 aliphatic heterocycles. The molecule has 3 N–H and O–H groups in total. The molecule has 0 atom stereocenters. The summed E-state index contributed by atoms with van der Waals surface area (Å²) in [6, 6.07) is 24.8. The minimum Gasteiger partial charge on any atom is -0.488 e. The molecule has 3 heterocycles. The molecule has 11 heteroatoms. The lowest BCUT2D eigenvalue weighted by Gasteiger charge is -2.15. The average Bonchev–Trinajstić information content (AvgIpc) is 3.49. The Bertz CT molecular complexity index is 2030. The van der Waals surface area contributed by atoms with Gasteiger partial charge in [0.25, 0.3) is 0 Å². The SMILES string of the molecule is COc1cncc(Nc2cc(COc3ccc(NC(=O)Nc4cc(C(C)(C)C)nn4-c4ccc(C)cc4)c4ccccc34)ccn2)n1. The molecule has 0 bridgehead atoms. The van der Waals surface area contributed by atoms with E-state index in [9.17, 15) is 4.79 Å². The second kappa shape index (κ2) is 13.2. The zero-order valence-corrected chi connectivity index (χ0v) is 26.9. The molecular weight excluding hydrogens is 592 g/mol. The number of hydrogen-bond donors (Lipinski definition) is 3. The van der Waals surface area contributed by atoms with E-state index >= 15 is 0 Å². The van der Waals surface area contributed by atoms with Crippen molar-refractivity contribution in [3.8, 4) is 17.3 Å². The van der Waals surface area contributed by atoms with E-state index in [0.717, 1.165) is 33.3 Å². The van der Waals surface area contributed by atoms with Crippen molar-refractivity contribution in [1.29, 1.82) is 0 Å². The van der Waals surface area contributed by atoms with Gasteiger partial charge in [-0.1, -0.05) is 62.7 Å². The predicted octanol–water partition coefficient (Wildman–Crippen LogP) is 7.79. The van der Waals surface area contributed by atoms with Gasteiger partial charge in [-0.3, -0.25) is 10.3 Å². The summed E-state index contributed by atoms with van der Waals surface area (Å²) in [7, 11) is 1.54. The molecule has 0 unspecified atom stereocenters. The third kappa shape index (κ3) is 7.30. The first-order valence-corrected chi connectivity index (χ1v) is 15.1. The van der Waals surface area contributed by atoms with Crippen molar-refractivity contribution in [1.82, 2.24) is 24.7 Å². The molecule has 2 amide bonds. The summed E-state index contributed by atoms with van der Waals surface area (Å²) in [6.07, 6.45) is 4.83. The van der Waals surface area contributed by atoms with E-state index in [1.807, 2.05) is 85.8 Å². The highest BCUT2D eigenvalue weighted by atomic mass is 16.5. The number of fused-ring (bicyclic) bond motifs is 1. The van der Waals surface area contributed by atoms with Gasteiger partial charge in [-0.2, -0.15) is 10.1 Å². The van der Waals surface area contributed by atoms with Crippen molar-refractivity contribution in [2.45, 2.75) is 39.7 Å². The van der Waals surface area contributed by atoms with Crippen molar-refractivity contribution >= 4 is 39.9 Å². The minimum absolute atomic E-state index is 0.200. The molecule has 3 aromatic heterocycles. The van der Waals surface area contributed by atoms with Crippen LogP contribution in [0.15, 0.2) is 97.5 Å². The lowest BCUT2D eigenvalue weighted by atomic mass is 9.92. The van der Waals surface area contributed by atoms with E-state index in [1.165, 1.54) is 13.3 Å². The fraction of sp³-hybridized carbons (Fsp3) is 0.194. The third-order valence-electron chi connectivity index (χ3n) is 7.43. The summed E-state index contributed by atoms with van der Waals surface area (Å²) < 4.78 is 13.2. The molecule has 0 saturated carbocycles. The predicted molar refractivity (Wildman–Crippen MR) is 184 cm³/mol. The van der Waals surface area contributed by atoms with Crippen LogP contribution >= 0.6 is 0 Å². The van der Waals surface area contributed by atoms with E-state index in [4.69, 9.17) is 14.6 Å². The van der Waals surface area contributed by atoms with Crippen molar-refractivity contribution in [3.05, 3.63) is 114 Å². The molecule has 0 saturated heterocycles. The van der Waals surface area contributed by atoms with E-state index in [0.29, 0.717) is 41.4 Å². The Morgan fingerprint density at radius 3 is 2.45 bits per heavy atom. The van der Waals surface area contributed by atoms with Crippen molar-refractivity contribution < 1.29 is 14.3 Å². The first kappa shape index (κ1) is 31.0. The minimum atomic E-state index is -0.380. The summed E-state index contributed by atoms with van der Waals surface area (Å²) in [4.78, 5) is 26.2. The van der Waals surface area contributed by atoms with Gasteiger partial charge < -0.3 is 20.1 Å². The highest BCUT2D eigenvalue weighted by Gasteiger charge is 2.22. The van der Waals surface area contributed by atoms with Gasteiger partial charge in [0.2, 0.25) is 5.88 Å². The zero-order chi connectivity index (χ0) is 33.0. The van der Waals surface area contributed by atoms with Gasteiger partial charge in [0.15, 0.2) is 5.82 Å². The molecular formula is C36H36N8O3. The zero-order valence-electron chi connectivity index (χ0n) is 26.9. The maximum absolute atomic E-state index is 13.4. The quantitative estimate of drug-likeness (QED) is 0.148. The monoisotopic (exact) mass is 628 g/mol. The lowest BCUT2D eigenvalue weighted by molar-refractivity contribution is 0.262. The smallest absolute Gasteiger partial charge is 0.324 e. The summed E-state index contributed by atoms with van der Waals surface area (Å²) in [5, 5.41) is 15.7. The van der Waals surface area contributed by atoms with Crippen LogP contribution in [0.4, 0.5) is 27.9 Å². The molecule has 0 fully saturated rings. The van der Waals surface area contributed by atoms with E-state index in [1.54, 1.807) is 17.1 Å². The standard InChI is InChI=1S/C36H36N8O3/c1-23-10-12-25(13-11-23)44-33(19-30(43-44)36(2,3)4)42-35(45)39-28-14-15-29(27-9-7-6-8-26(27)28)47-22-24-16-17-38-31(18-24)40-32-20-37-21-34(41-32)46-5/h6-21H,22H2,1-5H3,(H,38,40,41)(H2,39,42,45). The van der Waals surface area contributed by atoms with Gasteiger partial charge in [-0.15, -0.1) is 0 Å². The first-order valence-electron chi connectivity index (χ1n) is 15.1. The van der Waals surface area contributed by atoms with Crippen LogP contribution in [0.5, 0.6) is 11.6 Å². The first-order chi connectivity index (χ1) is 22.7. The average molecular weight is 629 g/mol. The maximum Gasteiger partial charge on any atom is 0.324 e. The van der Waals surface area contributed by atoms with Gasteiger partial charge in [0, 0.05) is 28.5 Å². The molecule has 47 heavy (non-hydrogen) atoms. The van der Waals surface area contributed by atoms with Crippen LogP contribution in [-0.2, 0) is 12.0 Å². The van der Waals surface area contributed by atoms with Gasteiger partial charge in [0.05, 0.1) is 36.6 Å². The molecule has 11 nitrogen and oxygen atoms in total. The number of amides is 2. The van der Waals surface area contributed by atoms with Crippen molar-refractivity contribution in [3.63, 3.8) is 0 Å². The molecule has 3 aromatic carbocycles. The number of benzene rings is 3. The number of aromatic nitrogens is 5. The van der Waals surface area contributed by atoms with E-state index in [2.05, 4.69) is 51.7 Å². The maximum atomic E-state index is 13.4. The highest BCUT2D eigenvalue weighted by molar-refractivity contribution is 6.07. The molecule has 0 radical (unpaired) electrons. The molecule has 0 spiro atoms. The Morgan fingerprint density at radius 2 is 1.68 bits per heavy atom. The largest absolute Gasteiger partial charge is 0.488 e. The highest BCUT2D eigenvalue weighted by Crippen LogP contribution is 2.33. The number of aryl methyl sites for hydroxylation is 1. The Morgan fingerprint density at radius 1 is 0.894 bits per heavy atom. The molecule has 6 aromatic rings. The van der Waals surface area contributed by atoms with Crippen LogP contribution < -0.4 is 25.4 Å². The number of anilines is 4. The number of methoxy groups -OCH3 is 1. The number of pyridine rings is 1.